The van der Waals surface area contributed by atoms with E-state index in [-0.39, 0.29) is 5.02 Å². The van der Waals surface area contributed by atoms with Gasteiger partial charge in [-0.2, -0.15) is 0 Å². The number of hydrogen-bond acceptors (Lipinski definition) is 2. The largest absolute Gasteiger partial charge is 0.503 e. The Morgan fingerprint density at radius 2 is 1.94 bits per heavy atom. The van der Waals surface area contributed by atoms with Crippen LogP contribution in [0.4, 0.5) is 0 Å². The summed E-state index contributed by atoms with van der Waals surface area (Å²) in [5.41, 5.74) is 1.53. The van der Waals surface area contributed by atoms with Crippen LogP contribution in [0, 0.1) is 0 Å². The second-order valence-corrected chi connectivity index (χ2v) is 4.26. The monoisotopic (exact) mass is 245 g/mol. The maximum atomic E-state index is 11.8. The molecule has 0 unspecified atom stereocenters. The first-order valence-corrected chi connectivity index (χ1v) is 5.48. The highest BCUT2D eigenvalue weighted by Crippen LogP contribution is 2.29. The molecule has 0 radical (unpaired) electrons. The minimum absolute atomic E-state index is 0.0639. The molecule has 1 aliphatic heterocycles. The fourth-order valence-electron chi connectivity index (χ4n) is 1.92. The van der Waals surface area contributed by atoms with Crippen LogP contribution in [0.25, 0.3) is 22.2 Å². The van der Waals surface area contributed by atoms with E-state index in [1.54, 1.807) is 12.1 Å². The van der Waals surface area contributed by atoms with Crippen LogP contribution in [-0.4, -0.2) is 10.1 Å². The third kappa shape index (κ3) is 1.47. The molecule has 84 valence electrons. The smallest absolute Gasteiger partial charge is 0.230 e. The van der Waals surface area contributed by atoms with Crippen molar-refractivity contribution in [2.24, 2.45) is 0 Å². The lowest BCUT2D eigenvalue weighted by atomic mass is 10.1. The predicted octanol–water partition coefficient (Wildman–Crippen LogP) is 2.99. The molecular weight excluding hydrogens is 238 g/mol. The van der Waals surface area contributed by atoms with Gasteiger partial charge >= 0.3 is 0 Å². The van der Waals surface area contributed by atoms with Gasteiger partial charge < -0.3 is 10.1 Å². The van der Waals surface area contributed by atoms with E-state index in [0.29, 0.717) is 11.3 Å². The lowest BCUT2D eigenvalue weighted by molar-refractivity contribution is 0.471. The average molecular weight is 246 g/mol. The van der Waals surface area contributed by atoms with E-state index < -0.39 is 11.2 Å². The second-order valence-electron chi connectivity index (χ2n) is 3.85. The Kier molecular flexibility index (Phi) is 2.09. The first-order valence-electron chi connectivity index (χ1n) is 5.10. The number of phenols is 1. The number of aromatic amines is 1. The number of phenolic OH excluding ortho intramolecular Hbond substituents is 1. The predicted molar refractivity (Wildman–Crippen MR) is 67.9 cm³/mol. The van der Waals surface area contributed by atoms with Gasteiger partial charge in [0, 0.05) is 5.52 Å². The molecule has 1 heterocycles. The zero-order valence-corrected chi connectivity index (χ0v) is 9.45. The maximum absolute atomic E-state index is 11.8. The van der Waals surface area contributed by atoms with Crippen molar-refractivity contribution in [2.75, 3.05) is 0 Å². The molecule has 17 heavy (non-hydrogen) atoms. The number of hydrogen-bond donors (Lipinski definition) is 2. The number of fused-ring (bicyclic) bond motifs is 2. The molecule has 0 amide bonds. The number of halogens is 1. The summed E-state index contributed by atoms with van der Waals surface area (Å²) in [5.74, 6) is -0.400. The summed E-state index contributed by atoms with van der Waals surface area (Å²) < 4.78 is 0. The molecule has 2 aliphatic rings. The van der Waals surface area contributed by atoms with Crippen molar-refractivity contribution in [1.82, 2.24) is 4.98 Å². The quantitative estimate of drug-likeness (QED) is 0.598. The maximum Gasteiger partial charge on any atom is 0.230 e. The van der Waals surface area contributed by atoms with Gasteiger partial charge in [0.1, 0.15) is 0 Å². The van der Waals surface area contributed by atoms with Crippen molar-refractivity contribution in [2.45, 2.75) is 0 Å². The molecule has 2 N–H and O–H groups in total. The van der Waals surface area contributed by atoms with Crippen molar-refractivity contribution < 1.29 is 5.11 Å². The first kappa shape index (κ1) is 10.2. The first-order chi connectivity index (χ1) is 8.16. The van der Waals surface area contributed by atoms with Gasteiger partial charge in [-0.3, -0.25) is 4.79 Å². The summed E-state index contributed by atoms with van der Waals surface area (Å²) in [4.78, 5) is 15.0. The van der Waals surface area contributed by atoms with Gasteiger partial charge in [0.25, 0.3) is 0 Å². The van der Waals surface area contributed by atoms with Gasteiger partial charge in [-0.1, -0.05) is 29.8 Å². The summed E-state index contributed by atoms with van der Waals surface area (Å²) in [5, 5.41) is 10.5. The molecular formula is C13H8ClNO2. The lowest BCUT2D eigenvalue weighted by Gasteiger charge is -2.09. The highest BCUT2D eigenvalue weighted by molar-refractivity contribution is 6.32. The van der Waals surface area contributed by atoms with Crippen LogP contribution >= 0.6 is 11.6 Å². The summed E-state index contributed by atoms with van der Waals surface area (Å²) in [6.45, 7) is 0. The van der Waals surface area contributed by atoms with Gasteiger partial charge in [-0.25, -0.2) is 0 Å². The van der Waals surface area contributed by atoms with Crippen LogP contribution in [0.15, 0.2) is 41.2 Å². The fourth-order valence-corrected chi connectivity index (χ4v) is 2.11. The van der Waals surface area contributed by atoms with E-state index in [0.717, 1.165) is 10.9 Å². The number of para-hydroxylation sites is 1. The van der Waals surface area contributed by atoms with Gasteiger partial charge in [0.2, 0.25) is 5.43 Å². The van der Waals surface area contributed by atoms with E-state index in [1.807, 2.05) is 24.3 Å². The molecule has 1 aliphatic carbocycles. The van der Waals surface area contributed by atoms with E-state index in [2.05, 4.69) is 4.98 Å². The topological polar surface area (TPSA) is 53.1 Å². The van der Waals surface area contributed by atoms with E-state index in [4.69, 9.17) is 11.6 Å². The van der Waals surface area contributed by atoms with Crippen LogP contribution in [0.5, 0.6) is 5.75 Å². The third-order valence-corrected chi connectivity index (χ3v) is 3.07. The molecule has 0 spiro atoms. The molecule has 0 aromatic heterocycles. The Hall–Kier alpha value is -2.00. The van der Waals surface area contributed by atoms with Crippen molar-refractivity contribution >= 4 is 22.5 Å². The molecule has 0 saturated carbocycles. The normalized spacial score (nSPS) is 11.1. The Bertz CT molecular complexity index is 748. The minimum atomic E-state index is -0.450. The van der Waals surface area contributed by atoms with Gasteiger partial charge in [-0.05, 0) is 23.6 Å². The Labute approximate surface area is 102 Å². The summed E-state index contributed by atoms with van der Waals surface area (Å²) >= 11 is 5.77. The number of pyridine rings is 1. The number of benzene rings is 2. The molecule has 0 atom stereocenters. The van der Waals surface area contributed by atoms with E-state index in [9.17, 15) is 9.90 Å². The SMILES string of the molecule is O=c1c2cc3ccccc3[nH]c-2cc(Cl)c1O. The van der Waals surface area contributed by atoms with Gasteiger partial charge in [0.15, 0.2) is 5.75 Å². The number of aromatic hydroxyl groups is 1. The number of rotatable bonds is 0. The van der Waals surface area contributed by atoms with Gasteiger partial charge in [-0.15, -0.1) is 0 Å². The summed E-state index contributed by atoms with van der Waals surface area (Å²) in [7, 11) is 0. The molecule has 1 aromatic carbocycles. The second kappa shape index (κ2) is 3.50. The van der Waals surface area contributed by atoms with Gasteiger partial charge in [0.05, 0.1) is 16.3 Å². The van der Waals surface area contributed by atoms with Crippen LogP contribution in [0.2, 0.25) is 5.02 Å². The highest BCUT2D eigenvalue weighted by atomic mass is 35.5. The zero-order chi connectivity index (χ0) is 12.0. The molecule has 0 saturated heterocycles. The summed E-state index contributed by atoms with van der Waals surface area (Å²) in [6.07, 6.45) is 0. The number of aromatic nitrogens is 1. The molecule has 0 fully saturated rings. The zero-order valence-electron chi connectivity index (χ0n) is 8.70. The number of nitrogens with one attached hydrogen (secondary N) is 1. The number of H-pyrrole nitrogens is 1. The highest BCUT2D eigenvalue weighted by Gasteiger charge is 2.14. The molecule has 3 nitrogen and oxygen atoms in total. The summed E-state index contributed by atoms with van der Waals surface area (Å²) in [6, 6.07) is 10.9. The molecule has 0 bridgehead atoms. The average Bonchev–Trinajstić information content (AvgIpc) is 2.34. The van der Waals surface area contributed by atoms with Crippen LogP contribution < -0.4 is 5.43 Å². The lowest BCUT2D eigenvalue weighted by Crippen LogP contribution is -2.07. The fraction of sp³-hybridized carbons (Fsp3) is 0. The van der Waals surface area contributed by atoms with Crippen molar-refractivity contribution in [3.63, 3.8) is 0 Å². The van der Waals surface area contributed by atoms with E-state index >= 15 is 0 Å². The Morgan fingerprint density at radius 3 is 2.76 bits per heavy atom. The van der Waals surface area contributed by atoms with Crippen LogP contribution in [0.1, 0.15) is 0 Å². The molecule has 4 heteroatoms. The Balaban J connectivity index is 2.53. The van der Waals surface area contributed by atoms with Crippen LogP contribution in [0.3, 0.4) is 0 Å². The molecule has 1 aromatic rings. The minimum Gasteiger partial charge on any atom is -0.503 e. The van der Waals surface area contributed by atoms with Crippen molar-refractivity contribution in [3.05, 3.63) is 51.6 Å². The Morgan fingerprint density at radius 1 is 1.18 bits per heavy atom. The van der Waals surface area contributed by atoms with Crippen LogP contribution in [-0.2, 0) is 0 Å². The third-order valence-electron chi connectivity index (χ3n) is 2.78. The van der Waals surface area contributed by atoms with Crippen molar-refractivity contribution in [1.29, 1.82) is 0 Å². The standard InChI is InChI=1S/C13H8ClNO2/c14-9-6-11-8(12(16)13(9)17)5-7-3-1-2-4-10(7)15-11/h1-6,15,17H. The van der Waals surface area contributed by atoms with E-state index in [1.165, 1.54) is 0 Å². The van der Waals surface area contributed by atoms with Crippen molar-refractivity contribution in [3.8, 4) is 17.0 Å². The molecule has 3 rings (SSSR count).